The number of ether oxygens (including phenoxy) is 2. The van der Waals surface area contributed by atoms with Crippen molar-refractivity contribution in [1.82, 2.24) is 0 Å². The molecular weight excluding hydrogens is 172 g/mol. The lowest BCUT2D eigenvalue weighted by molar-refractivity contribution is -0.150. The van der Waals surface area contributed by atoms with E-state index >= 15 is 0 Å². The Balaban J connectivity index is 3.69. The summed E-state index contributed by atoms with van der Waals surface area (Å²) < 4.78 is 8.75. The Labute approximate surface area is 76.8 Å². The molecule has 4 heteroatoms. The Bertz CT molecular complexity index is 226. The Morgan fingerprint density at radius 3 is 1.54 bits per heavy atom. The van der Waals surface area contributed by atoms with Gasteiger partial charge >= 0.3 is 18.7 Å². The van der Waals surface area contributed by atoms with Crippen LogP contribution in [0.1, 0.15) is 13.8 Å². The molecule has 0 fully saturated rings. The minimum Gasteiger partial charge on any atom is -0.414 e. The molecule has 0 N–H and O–H groups in total. The summed E-state index contributed by atoms with van der Waals surface area (Å²) in [6.07, 6.45) is 0. The molecule has 0 aliphatic rings. The fourth-order valence-electron chi connectivity index (χ4n) is 0.313. The predicted molar refractivity (Wildman–Crippen MR) is 46.1 cm³/mol. The largest absolute Gasteiger partial charge is 0.414 e. The molecule has 0 spiro atoms. The van der Waals surface area contributed by atoms with Crippen molar-refractivity contribution in [1.29, 1.82) is 0 Å². The van der Waals surface area contributed by atoms with Gasteiger partial charge in [-0.15, -0.1) is 0 Å². The van der Waals surface area contributed by atoms with Crippen molar-refractivity contribution in [2.45, 2.75) is 13.8 Å². The SMILES string of the molecule is C=C(C)C(=O)O[CH]OC(=O)C(=C)C. The van der Waals surface area contributed by atoms with E-state index in [1.807, 2.05) is 0 Å². The first-order valence-corrected chi connectivity index (χ1v) is 3.50. The number of rotatable bonds is 4. The third kappa shape index (κ3) is 4.79. The minimum absolute atomic E-state index is 0.225. The minimum atomic E-state index is -0.644. The molecule has 0 aromatic rings. The van der Waals surface area contributed by atoms with Gasteiger partial charge in [-0.25, -0.2) is 9.59 Å². The third-order valence-corrected chi connectivity index (χ3v) is 1.01. The molecule has 0 aliphatic heterocycles. The quantitative estimate of drug-likeness (QED) is 0.487. The lowest BCUT2D eigenvalue weighted by Gasteiger charge is -2.03. The monoisotopic (exact) mass is 183 g/mol. The summed E-state index contributed by atoms with van der Waals surface area (Å²) in [5.74, 6) is -1.29. The maximum absolute atomic E-state index is 10.7. The highest BCUT2D eigenvalue weighted by atomic mass is 16.7. The van der Waals surface area contributed by atoms with Crippen LogP contribution in [0.3, 0.4) is 0 Å². The van der Waals surface area contributed by atoms with E-state index in [1.165, 1.54) is 13.8 Å². The summed E-state index contributed by atoms with van der Waals surface area (Å²) in [7, 11) is 0. The molecule has 0 atom stereocenters. The molecule has 0 saturated heterocycles. The highest BCUT2D eigenvalue weighted by Crippen LogP contribution is 1.98. The van der Waals surface area contributed by atoms with Crippen molar-refractivity contribution < 1.29 is 19.1 Å². The molecule has 0 saturated carbocycles. The van der Waals surface area contributed by atoms with E-state index in [9.17, 15) is 9.59 Å². The molecule has 0 rings (SSSR count). The van der Waals surface area contributed by atoms with E-state index in [2.05, 4.69) is 22.6 Å². The molecule has 4 nitrogen and oxygen atoms in total. The summed E-state index contributed by atoms with van der Waals surface area (Å²) in [4.78, 5) is 21.5. The van der Waals surface area contributed by atoms with Crippen LogP contribution in [0.5, 0.6) is 0 Å². The van der Waals surface area contributed by atoms with Gasteiger partial charge in [-0.3, -0.25) is 0 Å². The number of hydrogen-bond donors (Lipinski definition) is 0. The Morgan fingerprint density at radius 1 is 1.00 bits per heavy atom. The number of carbonyl (C=O) groups is 2. The standard InChI is InChI=1S/C9H11O4/c1-6(2)8(10)12-5-13-9(11)7(3)4/h5H,1,3H2,2,4H3. The second kappa shape index (κ2) is 5.13. The van der Waals surface area contributed by atoms with Gasteiger partial charge in [-0.1, -0.05) is 13.2 Å². The molecule has 0 unspecified atom stereocenters. The van der Waals surface area contributed by atoms with Crippen LogP contribution in [0.15, 0.2) is 24.3 Å². The topological polar surface area (TPSA) is 52.6 Å². The maximum atomic E-state index is 10.7. The summed E-state index contributed by atoms with van der Waals surface area (Å²) in [5, 5.41) is 0. The molecule has 0 aromatic heterocycles. The maximum Gasteiger partial charge on any atom is 0.336 e. The van der Waals surface area contributed by atoms with E-state index in [1.54, 1.807) is 0 Å². The van der Waals surface area contributed by atoms with Gasteiger partial charge in [0.1, 0.15) is 0 Å². The molecule has 13 heavy (non-hydrogen) atoms. The predicted octanol–water partition coefficient (Wildman–Crippen LogP) is 1.34. The van der Waals surface area contributed by atoms with Gasteiger partial charge in [-0.2, -0.15) is 0 Å². The Morgan fingerprint density at radius 2 is 1.31 bits per heavy atom. The molecular formula is C9H11O4. The zero-order chi connectivity index (χ0) is 10.4. The van der Waals surface area contributed by atoms with Gasteiger partial charge in [-0.05, 0) is 13.8 Å². The van der Waals surface area contributed by atoms with Gasteiger partial charge in [0.25, 0.3) is 0 Å². The first-order chi connectivity index (χ1) is 5.95. The third-order valence-electron chi connectivity index (χ3n) is 1.01. The number of carbonyl (C=O) groups excluding carboxylic acids is 2. The van der Waals surface area contributed by atoms with Gasteiger partial charge in [0.05, 0.1) is 0 Å². The number of esters is 2. The van der Waals surface area contributed by atoms with Crippen molar-refractivity contribution in [3.8, 4) is 0 Å². The molecule has 0 aromatic carbocycles. The average molecular weight is 183 g/mol. The molecule has 71 valence electrons. The summed E-state index contributed by atoms with van der Waals surface area (Å²) in [5.41, 5.74) is 0.449. The molecule has 0 heterocycles. The lowest BCUT2D eigenvalue weighted by Crippen LogP contribution is -2.09. The molecule has 0 bridgehead atoms. The normalized spacial score (nSPS) is 8.77. The van der Waals surface area contributed by atoms with Crippen LogP contribution in [0, 0.1) is 6.79 Å². The van der Waals surface area contributed by atoms with Gasteiger partial charge in [0, 0.05) is 11.1 Å². The lowest BCUT2D eigenvalue weighted by atomic mass is 10.4. The van der Waals surface area contributed by atoms with E-state index in [4.69, 9.17) is 0 Å². The Hall–Kier alpha value is -1.58. The van der Waals surface area contributed by atoms with Crippen molar-refractivity contribution in [3.05, 3.63) is 31.1 Å². The van der Waals surface area contributed by atoms with Gasteiger partial charge in [0.2, 0.25) is 0 Å². The highest BCUT2D eigenvalue weighted by molar-refractivity contribution is 5.88. The first-order valence-electron chi connectivity index (χ1n) is 3.50. The van der Waals surface area contributed by atoms with Gasteiger partial charge in [0.15, 0.2) is 0 Å². The van der Waals surface area contributed by atoms with Crippen molar-refractivity contribution in [3.63, 3.8) is 0 Å². The second-order valence-corrected chi connectivity index (χ2v) is 2.47. The first kappa shape index (κ1) is 11.4. The second-order valence-electron chi connectivity index (χ2n) is 2.47. The van der Waals surface area contributed by atoms with Crippen molar-refractivity contribution in [2.24, 2.45) is 0 Å². The van der Waals surface area contributed by atoms with Crippen LogP contribution in [0.2, 0.25) is 0 Å². The van der Waals surface area contributed by atoms with Crippen LogP contribution < -0.4 is 0 Å². The molecule has 0 amide bonds. The van der Waals surface area contributed by atoms with Crippen LogP contribution in [0.25, 0.3) is 0 Å². The average Bonchev–Trinajstić information content (AvgIpc) is 2.03. The van der Waals surface area contributed by atoms with E-state index in [-0.39, 0.29) is 11.1 Å². The zero-order valence-electron chi connectivity index (χ0n) is 7.62. The van der Waals surface area contributed by atoms with Crippen molar-refractivity contribution in [2.75, 3.05) is 0 Å². The fourth-order valence-corrected chi connectivity index (χ4v) is 0.313. The Kier molecular flexibility index (Phi) is 4.51. The smallest absolute Gasteiger partial charge is 0.336 e. The number of hydrogen-bond acceptors (Lipinski definition) is 4. The summed E-state index contributed by atoms with van der Waals surface area (Å²) in [6.45, 7) is 10.3. The zero-order valence-corrected chi connectivity index (χ0v) is 7.62. The highest BCUT2D eigenvalue weighted by Gasteiger charge is 2.07. The van der Waals surface area contributed by atoms with E-state index in [0.717, 1.165) is 0 Å². The van der Waals surface area contributed by atoms with Crippen LogP contribution in [-0.4, -0.2) is 11.9 Å². The fraction of sp³-hybridized carbons (Fsp3) is 0.222. The molecule has 0 aliphatic carbocycles. The molecule has 1 radical (unpaired) electrons. The summed E-state index contributed by atoms with van der Waals surface area (Å²) in [6, 6.07) is 0. The van der Waals surface area contributed by atoms with Crippen LogP contribution in [-0.2, 0) is 19.1 Å². The van der Waals surface area contributed by atoms with Crippen LogP contribution >= 0.6 is 0 Å². The van der Waals surface area contributed by atoms with E-state index in [0.29, 0.717) is 6.79 Å². The van der Waals surface area contributed by atoms with Crippen molar-refractivity contribution >= 4 is 11.9 Å². The summed E-state index contributed by atoms with van der Waals surface area (Å²) >= 11 is 0. The van der Waals surface area contributed by atoms with Gasteiger partial charge < -0.3 is 9.47 Å². The van der Waals surface area contributed by atoms with E-state index < -0.39 is 11.9 Å². The van der Waals surface area contributed by atoms with Crippen LogP contribution in [0.4, 0.5) is 0 Å².